The normalized spacial score (nSPS) is 13.7. The number of allylic oxidation sites excluding steroid dienone is 1. The lowest BCUT2D eigenvalue weighted by atomic mass is 10.0. The van der Waals surface area contributed by atoms with Crippen LogP contribution in [0.4, 0.5) is 10.5 Å². The van der Waals surface area contributed by atoms with E-state index in [1.165, 1.54) is 7.05 Å². The third kappa shape index (κ3) is 3.71. The van der Waals surface area contributed by atoms with Gasteiger partial charge >= 0.3 is 6.03 Å². The van der Waals surface area contributed by atoms with Crippen molar-refractivity contribution in [2.75, 3.05) is 19.5 Å². The number of hydrogen-bond donors (Lipinski definition) is 3. The third-order valence-corrected chi connectivity index (χ3v) is 6.23. The van der Waals surface area contributed by atoms with Gasteiger partial charge in [-0.1, -0.05) is 0 Å². The summed E-state index contributed by atoms with van der Waals surface area (Å²) in [6.45, 7) is 3.96. The molecule has 0 saturated heterocycles. The SMILES string of the molecule is CNC(=O)Nc1ccc2c(c1)C(=O)/C(=C/c1c(-c3c(C)nn(C)c3C)[nH]c3ccc(OC)cc13)O2. The maximum Gasteiger partial charge on any atom is 0.318 e. The highest BCUT2D eigenvalue weighted by Gasteiger charge is 2.29. The number of rotatable bonds is 4. The number of methoxy groups -OCH3 is 1. The van der Waals surface area contributed by atoms with E-state index in [0.717, 1.165) is 39.1 Å². The van der Waals surface area contributed by atoms with Crippen LogP contribution >= 0.6 is 0 Å². The summed E-state index contributed by atoms with van der Waals surface area (Å²) in [6, 6.07) is 10.4. The van der Waals surface area contributed by atoms with Crippen LogP contribution in [0.1, 0.15) is 27.3 Å². The summed E-state index contributed by atoms with van der Waals surface area (Å²) < 4.78 is 13.2. The molecule has 3 heterocycles. The van der Waals surface area contributed by atoms with Gasteiger partial charge in [-0.15, -0.1) is 0 Å². The second-order valence-electron chi connectivity index (χ2n) is 8.35. The molecule has 0 saturated carbocycles. The Balaban J connectivity index is 1.65. The van der Waals surface area contributed by atoms with Crippen molar-refractivity contribution in [1.82, 2.24) is 20.1 Å². The molecule has 2 aromatic carbocycles. The number of aryl methyl sites for hydroxylation is 2. The number of ether oxygens (including phenoxy) is 2. The maximum absolute atomic E-state index is 13.3. The van der Waals surface area contributed by atoms with E-state index in [1.54, 1.807) is 31.4 Å². The van der Waals surface area contributed by atoms with Gasteiger partial charge in [0.05, 0.1) is 24.1 Å². The van der Waals surface area contributed by atoms with Crippen molar-refractivity contribution in [3.63, 3.8) is 0 Å². The molecule has 3 N–H and O–H groups in total. The monoisotopic (exact) mass is 471 g/mol. The Bertz CT molecular complexity index is 1540. The molecule has 0 radical (unpaired) electrons. The Morgan fingerprint density at radius 1 is 1.20 bits per heavy atom. The predicted molar refractivity (Wildman–Crippen MR) is 134 cm³/mol. The Morgan fingerprint density at radius 2 is 2.00 bits per heavy atom. The van der Waals surface area contributed by atoms with E-state index in [2.05, 4.69) is 20.7 Å². The number of carbonyl (C=O) groups excluding carboxylic acids is 2. The molecular weight excluding hydrogens is 446 g/mol. The zero-order chi connectivity index (χ0) is 24.9. The lowest BCUT2D eigenvalue weighted by molar-refractivity contribution is 0.101. The topological polar surface area (TPSA) is 110 Å². The Morgan fingerprint density at radius 3 is 2.69 bits per heavy atom. The lowest BCUT2D eigenvalue weighted by Gasteiger charge is -2.05. The van der Waals surface area contributed by atoms with Crippen LogP contribution in [0.15, 0.2) is 42.2 Å². The number of hydrogen-bond acceptors (Lipinski definition) is 5. The first kappa shape index (κ1) is 22.3. The Labute approximate surface area is 201 Å². The highest BCUT2D eigenvalue weighted by Crippen LogP contribution is 2.39. The number of urea groups is 1. The first-order chi connectivity index (χ1) is 16.8. The van der Waals surface area contributed by atoms with Gasteiger partial charge in [0.25, 0.3) is 0 Å². The minimum Gasteiger partial charge on any atom is -0.497 e. The first-order valence-electron chi connectivity index (χ1n) is 11.1. The molecule has 0 spiro atoms. The lowest BCUT2D eigenvalue weighted by Crippen LogP contribution is -2.24. The third-order valence-electron chi connectivity index (χ3n) is 6.23. The summed E-state index contributed by atoms with van der Waals surface area (Å²) >= 11 is 0. The number of aromatic nitrogens is 3. The van der Waals surface area contributed by atoms with Crippen molar-refractivity contribution in [2.24, 2.45) is 7.05 Å². The molecule has 0 unspecified atom stereocenters. The molecule has 4 aromatic rings. The van der Waals surface area contributed by atoms with Crippen molar-refractivity contribution in [1.29, 1.82) is 0 Å². The first-order valence-corrected chi connectivity index (χ1v) is 11.1. The maximum atomic E-state index is 13.3. The van der Waals surface area contributed by atoms with Crippen LogP contribution in [0.2, 0.25) is 0 Å². The molecule has 178 valence electrons. The second kappa shape index (κ2) is 8.35. The average molecular weight is 472 g/mol. The summed E-state index contributed by atoms with van der Waals surface area (Å²) in [4.78, 5) is 28.5. The fourth-order valence-corrected chi connectivity index (χ4v) is 4.39. The fraction of sp³-hybridized carbons (Fsp3) is 0.192. The Kier molecular flexibility index (Phi) is 5.32. The van der Waals surface area contributed by atoms with E-state index >= 15 is 0 Å². The van der Waals surface area contributed by atoms with Crippen LogP contribution in [0, 0.1) is 13.8 Å². The zero-order valence-corrected chi connectivity index (χ0v) is 20.1. The standard InChI is InChI=1S/C26H25N5O4/c1-13-23(14(2)31(4)30-13)24-18(17-11-16(34-5)7-8-20(17)29-24)12-22-25(32)19-10-15(28-26(33)27-3)6-9-21(19)35-22/h6-12,29H,1-5H3,(H2,27,28,33)/b22-12-. The van der Waals surface area contributed by atoms with E-state index in [9.17, 15) is 9.59 Å². The van der Waals surface area contributed by atoms with Crippen molar-refractivity contribution in [3.8, 4) is 22.8 Å². The van der Waals surface area contributed by atoms with Gasteiger partial charge < -0.3 is 25.1 Å². The van der Waals surface area contributed by atoms with Gasteiger partial charge in [-0.05, 0) is 56.3 Å². The number of nitrogens with one attached hydrogen (secondary N) is 3. The summed E-state index contributed by atoms with van der Waals surface area (Å²) in [5.41, 5.74) is 6.27. The largest absolute Gasteiger partial charge is 0.497 e. The minimum atomic E-state index is -0.369. The molecule has 1 aliphatic heterocycles. The average Bonchev–Trinajstić information content (AvgIpc) is 3.44. The molecule has 5 rings (SSSR count). The van der Waals surface area contributed by atoms with Crippen LogP contribution in [0.25, 0.3) is 28.2 Å². The van der Waals surface area contributed by atoms with Gasteiger partial charge in [0.2, 0.25) is 5.78 Å². The van der Waals surface area contributed by atoms with Crippen LogP contribution in [-0.4, -0.2) is 40.7 Å². The molecule has 9 nitrogen and oxygen atoms in total. The van der Waals surface area contributed by atoms with E-state index in [0.29, 0.717) is 22.7 Å². The van der Waals surface area contributed by atoms with E-state index < -0.39 is 0 Å². The molecule has 0 atom stereocenters. The van der Waals surface area contributed by atoms with Gasteiger partial charge in [-0.3, -0.25) is 9.48 Å². The number of aromatic amines is 1. The predicted octanol–water partition coefficient (Wildman–Crippen LogP) is 4.56. The summed E-state index contributed by atoms with van der Waals surface area (Å²) in [5.74, 6) is 1.08. The number of H-pyrrole nitrogens is 1. The fourth-order valence-electron chi connectivity index (χ4n) is 4.39. The van der Waals surface area contributed by atoms with Crippen molar-refractivity contribution >= 4 is 34.5 Å². The summed E-state index contributed by atoms with van der Waals surface area (Å²) in [7, 11) is 5.05. The van der Waals surface area contributed by atoms with Crippen LogP contribution in [0.3, 0.4) is 0 Å². The number of ketones is 1. The second-order valence-corrected chi connectivity index (χ2v) is 8.35. The van der Waals surface area contributed by atoms with E-state index in [4.69, 9.17) is 9.47 Å². The molecule has 0 aliphatic carbocycles. The van der Waals surface area contributed by atoms with Gasteiger partial charge in [-0.25, -0.2) is 4.79 Å². The Hall–Kier alpha value is -4.53. The van der Waals surface area contributed by atoms with Crippen LogP contribution < -0.4 is 20.1 Å². The number of nitrogens with zero attached hydrogens (tertiary/aromatic N) is 2. The molecule has 0 bridgehead atoms. The smallest absolute Gasteiger partial charge is 0.318 e. The highest BCUT2D eigenvalue weighted by molar-refractivity contribution is 6.16. The van der Waals surface area contributed by atoms with Crippen molar-refractivity contribution in [2.45, 2.75) is 13.8 Å². The van der Waals surface area contributed by atoms with Crippen molar-refractivity contribution < 1.29 is 19.1 Å². The van der Waals surface area contributed by atoms with Crippen LogP contribution in [-0.2, 0) is 7.05 Å². The molecule has 9 heteroatoms. The molecule has 35 heavy (non-hydrogen) atoms. The summed E-state index contributed by atoms with van der Waals surface area (Å²) in [6.07, 6.45) is 1.76. The zero-order valence-electron chi connectivity index (χ0n) is 20.1. The minimum absolute atomic E-state index is 0.196. The molecule has 0 fully saturated rings. The van der Waals surface area contributed by atoms with Gasteiger partial charge in [-0.2, -0.15) is 5.10 Å². The number of carbonyl (C=O) groups is 2. The molecule has 2 aromatic heterocycles. The quantitative estimate of drug-likeness (QED) is 0.378. The van der Waals surface area contributed by atoms with E-state index in [1.807, 2.05) is 43.8 Å². The number of benzene rings is 2. The molecular formula is C26H25N5O4. The van der Waals surface area contributed by atoms with Gasteiger partial charge in [0.15, 0.2) is 5.76 Å². The van der Waals surface area contributed by atoms with Gasteiger partial charge in [0.1, 0.15) is 11.5 Å². The highest BCUT2D eigenvalue weighted by atomic mass is 16.5. The number of amides is 2. The number of Topliss-reactive ketones (excluding diaryl/α,β-unsaturated/α-hetero) is 1. The molecule has 1 aliphatic rings. The number of fused-ring (bicyclic) bond motifs is 2. The van der Waals surface area contributed by atoms with Gasteiger partial charge in [0, 0.05) is 47.5 Å². The van der Waals surface area contributed by atoms with Crippen molar-refractivity contribution in [3.05, 3.63) is 64.7 Å². The van der Waals surface area contributed by atoms with Crippen LogP contribution in [0.5, 0.6) is 11.5 Å². The molecule has 2 amide bonds. The van der Waals surface area contributed by atoms with E-state index in [-0.39, 0.29) is 17.6 Å². The number of anilines is 1. The summed E-state index contributed by atoms with van der Waals surface area (Å²) in [5, 5.41) is 10.6.